The Balaban J connectivity index is 1.84. The molecule has 2 aromatic carbocycles. The van der Waals surface area contributed by atoms with Crippen LogP contribution in [0.2, 0.25) is 0 Å². The molecule has 170 valence electrons. The lowest BCUT2D eigenvalue weighted by molar-refractivity contribution is -0.137. The highest BCUT2D eigenvalue weighted by Gasteiger charge is 2.30. The maximum atomic E-state index is 14.9. The molecule has 0 radical (unpaired) electrons. The molecule has 1 aromatic heterocycles. The molecule has 1 aliphatic rings. The van der Waals surface area contributed by atoms with E-state index in [0.717, 1.165) is 33.6 Å². The van der Waals surface area contributed by atoms with Crippen LogP contribution >= 0.6 is 0 Å². The molecular weight excluding hydrogens is 438 g/mol. The van der Waals surface area contributed by atoms with Gasteiger partial charge in [-0.05, 0) is 48.6 Å². The molecular formula is C23H24F2N2O4S. The van der Waals surface area contributed by atoms with Crippen molar-refractivity contribution in [2.75, 3.05) is 14.1 Å². The molecule has 6 nitrogen and oxygen atoms in total. The molecule has 0 spiro atoms. The van der Waals surface area contributed by atoms with Crippen LogP contribution in [0.5, 0.6) is 0 Å². The van der Waals surface area contributed by atoms with Crippen LogP contribution in [0.1, 0.15) is 42.0 Å². The summed E-state index contributed by atoms with van der Waals surface area (Å²) in [5.74, 6) is -2.62. The normalized spacial score (nSPS) is 16.5. The van der Waals surface area contributed by atoms with E-state index in [1.807, 2.05) is 0 Å². The molecule has 3 aromatic rings. The number of hydrogen-bond donors (Lipinski definition) is 1. The van der Waals surface area contributed by atoms with E-state index in [0.29, 0.717) is 18.2 Å². The number of rotatable bonds is 6. The van der Waals surface area contributed by atoms with Crippen LogP contribution in [0.4, 0.5) is 8.78 Å². The molecule has 0 amide bonds. The SMILES string of the molecule is CN(C)S(=O)(=O)c1ccc(Cn2c3c(c4cc(F)cc(F)c42)CCCC3CC(=O)O)cc1. The fraction of sp³-hybridized carbons (Fsp3) is 0.348. The maximum Gasteiger partial charge on any atom is 0.304 e. The quantitative estimate of drug-likeness (QED) is 0.598. The largest absolute Gasteiger partial charge is 0.481 e. The summed E-state index contributed by atoms with van der Waals surface area (Å²) in [6, 6.07) is 8.45. The number of hydrogen-bond acceptors (Lipinski definition) is 3. The second kappa shape index (κ2) is 8.29. The summed E-state index contributed by atoms with van der Waals surface area (Å²) in [6.07, 6.45) is 1.93. The number of aromatic nitrogens is 1. The maximum absolute atomic E-state index is 14.9. The number of fused-ring (bicyclic) bond motifs is 3. The van der Waals surface area contributed by atoms with Gasteiger partial charge < -0.3 is 9.67 Å². The van der Waals surface area contributed by atoms with Gasteiger partial charge in [0, 0.05) is 43.7 Å². The first-order valence-corrected chi connectivity index (χ1v) is 11.8. The summed E-state index contributed by atoms with van der Waals surface area (Å²) >= 11 is 0. The van der Waals surface area contributed by atoms with Gasteiger partial charge in [-0.2, -0.15) is 0 Å². The van der Waals surface area contributed by atoms with E-state index in [1.165, 1.54) is 32.3 Å². The molecule has 1 heterocycles. The lowest BCUT2D eigenvalue weighted by Crippen LogP contribution is -2.22. The second-order valence-corrected chi connectivity index (χ2v) is 10.5. The summed E-state index contributed by atoms with van der Waals surface area (Å²) in [4.78, 5) is 11.6. The van der Waals surface area contributed by atoms with Crippen LogP contribution in [0.3, 0.4) is 0 Å². The number of aryl methyl sites for hydroxylation is 1. The number of carbonyl (C=O) groups is 1. The van der Waals surface area contributed by atoms with E-state index < -0.39 is 27.6 Å². The number of carboxylic acids is 1. The zero-order valence-corrected chi connectivity index (χ0v) is 18.6. The molecule has 32 heavy (non-hydrogen) atoms. The number of benzene rings is 2. The predicted molar refractivity (Wildman–Crippen MR) is 116 cm³/mol. The van der Waals surface area contributed by atoms with Gasteiger partial charge >= 0.3 is 5.97 Å². The van der Waals surface area contributed by atoms with Crippen LogP contribution in [-0.2, 0) is 27.8 Å². The molecule has 0 saturated carbocycles. The summed E-state index contributed by atoms with van der Waals surface area (Å²) in [5, 5.41) is 9.86. The lowest BCUT2D eigenvalue weighted by Gasteiger charge is -2.25. The van der Waals surface area contributed by atoms with Crippen molar-refractivity contribution in [3.8, 4) is 0 Å². The number of aliphatic carboxylic acids is 1. The molecule has 0 saturated heterocycles. The lowest BCUT2D eigenvalue weighted by atomic mass is 9.84. The third-order valence-electron chi connectivity index (χ3n) is 6.05. The van der Waals surface area contributed by atoms with Crippen molar-refractivity contribution < 1.29 is 27.1 Å². The van der Waals surface area contributed by atoms with E-state index in [9.17, 15) is 27.1 Å². The van der Waals surface area contributed by atoms with E-state index in [4.69, 9.17) is 0 Å². The third kappa shape index (κ3) is 3.91. The standard InChI is InChI=1S/C23H24F2N2O4S/c1-26(2)32(30,31)17-8-6-14(7-9-17)13-27-22-15(10-21(28)29)4-3-5-18(22)19-11-16(24)12-20(25)23(19)27/h6-9,11-12,15H,3-5,10,13H2,1-2H3,(H,28,29). The van der Waals surface area contributed by atoms with Gasteiger partial charge in [-0.15, -0.1) is 0 Å². The Labute approximate surface area is 185 Å². The fourth-order valence-electron chi connectivity index (χ4n) is 4.62. The van der Waals surface area contributed by atoms with Gasteiger partial charge in [0.05, 0.1) is 16.8 Å². The summed E-state index contributed by atoms with van der Waals surface area (Å²) in [6.45, 7) is 0.215. The molecule has 4 rings (SSSR count). The second-order valence-electron chi connectivity index (χ2n) is 8.35. The van der Waals surface area contributed by atoms with E-state index in [2.05, 4.69) is 0 Å². The Morgan fingerprint density at radius 2 is 1.88 bits per heavy atom. The highest BCUT2D eigenvalue weighted by molar-refractivity contribution is 7.89. The van der Waals surface area contributed by atoms with Gasteiger partial charge in [-0.1, -0.05) is 12.1 Å². The van der Waals surface area contributed by atoms with Gasteiger partial charge in [0.1, 0.15) is 11.6 Å². The van der Waals surface area contributed by atoms with Crippen LogP contribution < -0.4 is 0 Å². The van der Waals surface area contributed by atoms with E-state index >= 15 is 0 Å². The minimum Gasteiger partial charge on any atom is -0.481 e. The Morgan fingerprint density at radius 1 is 1.19 bits per heavy atom. The first-order chi connectivity index (χ1) is 15.1. The number of carboxylic acid groups (broad SMARTS) is 1. The molecule has 0 bridgehead atoms. The molecule has 1 atom stereocenters. The summed E-state index contributed by atoms with van der Waals surface area (Å²) in [7, 11) is -0.678. The molecule has 9 heteroatoms. The highest BCUT2D eigenvalue weighted by Crippen LogP contribution is 2.41. The van der Waals surface area contributed by atoms with Crippen molar-refractivity contribution in [1.82, 2.24) is 8.87 Å². The highest BCUT2D eigenvalue weighted by atomic mass is 32.2. The zero-order valence-electron chi connectivity index (χ0n) is 17.8. The number of sulfonamides is 1. The Hall–Kier alpha value is -2.78. The third-order valence-corrected chi connectivity index (χ3v) is 7.88. The minimum absolute atomic E-state index is 0.0898. The molecule has 1 unspecified atom stereocenters. The Kier molecular flexibility index (Phi) is 5.81. The molecule has 0 aliphatic heterocycles. The predicted octanol–water partition coefficient (Wildman–Crippen LogP) is 4.11. The minimum atomic E-state index is -3.58. The molecule has 1 N–H and O–H groups in total. The fourth-order valence-corrected chi connectivity index (χ4v) is 5.52. The zero-order chi connectivity index (χ0) is 23.2. The summed E-state index contributed by atoms with van der Waals surface area (Å²) in [5.41, 5.74) is 2.50. The smallest absolute Gasteiger partial charge is 0.304 e. The van der Waals surface area contributed by atoms with Crippen molar-refractivity contribution in [2.45, 2.75) is 43.0 Å². The van der Waals surface area contributed by atoms with Crippen LogP contribution in [-0.4, -0.2) is 42.5 Å². The average Bonchev–Trinajstić information content (AvgIpc) is 3.02. The first-order valence-electron chi connectivity index (χ1n) is 10.3. The topological polar surface area (TPSA) is 79.6 Å². The van der Waals surface area contributed by atoms with Gasteiger partial charge in [-0.3, -0.25) is 4.79 Å². The van der Waals surface area contributed by atoms with Crippen molar-refractivity contribution >= 4 is 26.9 Å². The number of nitrogens with zero attached hydrogens (tertiary/aromatic N) is 2. The van der Waals surface area contributed by atoms with Gasteiger partial charge in [0.15, 0.2) is 0 Å². The molecule has 1 aliphatic carbocycles. The van der Waals surface area contributed by atoms with Gasteiger partial charge in [0.25, 0.3) is 0 Å². The van der Waals surface area contributed by atoms with Crippen molar-refractivity contribution in [1.29, 1.82) is 0 Å². The van der Waals surface area contributed by atoms with Gasteiger partial charge in [-0.25, -0.2) is 21.5 Å². The van der Waals surface area contributed by atoms with Crippen molar-refractivity contribution in [3.05, 3.63) is 64.9 Å². The monoisotopic (exact) mass is 462 g/mol. The van der Waals surface area contributed by atoms with Gasteiger partial charge in [0.2, 0.25) is 10.0 Å². The van der Waals surface area contributed by atoms with E-state index in [-0.39, 0.29) is 29.3 Å². The first kappa shape index (κ1) is 22.4. The Bertz CT molecular complexity index is 1300. The van der Waals surface area contributed by atoms with Crippen LogP contribution in [0, 0.1) is 11.6 Å². The average molecular weight is 463 g/mol. The van der Waals surface area contributed by atoms with Crippen molar-refractivity contribution in [2.24, 2.45) is 0 Å². The Morgan fingerprint density at radius 3 is 2.50 bits per heavy atom. The molecule has 0 fully saturated rings. The van der Waals surface area contributed by atoms with Crippen molar-refractivity contribution in [3.63, 3.8) is 0 Å². The van der Waals surface area contributed by atoms with E-state index in [1.54, 1.807) is 16.7 Å². The summed E-state index contributed by atoms with van der Waals surface area (Å²) < 4.78 is 56.5. The number of halogens is 2. The van der Waals surface area contributed by atoms with Crippen LogP contribution in [0.25, 0.3) is 10.9 Å². The van der Waals surface area contributed by atoms with Crippen LogP contribution in [0.15, 0.2) is 41.3 Å².